The number of hydrogen-bond acceptors (Lipinski definition) is 4. The molecule has 0 radical (unpaired) electrons. The molecule has 0 bridgehead atoms. The maximum atomic E-state index is 11.6. The Kier molecular flexibility index (Phi) is 3.95. The van der Waals surface area contributed by atoms with E-state index in [9.17, 15) is 8.42 Å². The summed E-state index contributed by atoms with van der Waals surface area (Å²) in [6, 6.07) is 8.28. The molecule has 0 aliphatic carbocycles. The quantitative estimate of drug-likeness (QED) is 0.579. The molecule has 0 saturated carbocycles. The minimum Gasteiger partial charge on any atom is -0.231 e. The van der Waals surface area contributed by atoms with Crippen LogP contribution >= 0.6 is 12.2 Å². The molecule has 0 unspecified atom stereocenters. The first-order valence-electron chi connectivity index (χ1n) is 3.98. The topological polar surface area (TPSA) is 46.5 Å². The monoisotopic (exact) mass is 227 g/mol. The molecule has 0 aliphatic rings. The Labute approximate surface area is 88.4 Å². The van der Waals surface area contributed by atoms with Crippen molar-refractivity contribution < 1.29 is 8.42 Å². The van der Waals surface area contributed by atoms with Crippen molar-refractivity contribution in [3.8, 4) is 0 Å². The summed E-state index contributed by atoms with van der Waals surface area (Å²) < 4.78 is 23.2. The van der Waals surface area contributed by atoms with Gasteiger partial charge in [-0.2, -0.15) is 0 Å². The normalized spacial score (nSPS) is 10.6. The molecule has 1 aromatic rings. The minimum atomic E-state index is -3.21. The summed E-state index contributed by atoms with van der Waals surface area (Å²) in [5, 5.41) is 2.14. The van der Waals surface area contributed by atoms with Crippen molar-refractivity contribution in [1.29, 1.82) is 0 Å². The first kappa shape index (κ1) is 11.0. The number of aliphatic imine (C=N–C) groups is 1. The number of benzene rings is 1. The Morgan fingerprint density at radius 3 is 2.50 bits per heavy atom. The second-order valence-corrected chi connectivity index (χ2v) is 4.90. The average Bonchev–Trinajstić information content (AvgIpc) is 2.19. The zero-order chi connectivity index (χ0) is 10.4. The Hall–Kier alpha value is -1.03. The van der Waals surface area contributed by atoms with Crippen LogP contribution in [0.25, 0.3) is 0 Å². The van der Waals surface area contributed by atoms with Gasteiger partial charge in [0.05, 0.1) is 22.4 Å². The van der Waals surface area contributed by atoms with Crippen LogP contribution < -0.4 is 0 Å². The van der Waals surface area contributed by atoms with Gasteiger partial charge >= 0.3 is 0 Å². The van der Waals surface area contributed by atoms with Gasteiger partial charge in [-0.1, -0.05) is 18.2 Å². The van der Waals surface area contributed by atoms with Gasteiger partial charge < -0.3 is 0 Å². The summed E-state index contributed by atoms with van der Waals surface area (Å²) in [4.78, 5) is 3.89. The maximum absolute atomic E-state index is 11.6. The number of rotatable bonds is 4. The predicted octanol–water partition coefficient (Wildman–Crippen LogP) is 1.56. The fourth-order valence-corrected chi connectivity index (χ4v) is 2.19. The summed E-state index contributed by atoms with van der Waals surface area (Å²) in [6.45, 7) is 0.167. The molecule has 74 valence electrons. The second-order valence-electron chi connectivity index (χ2n) is 2.60. The summed E-state index contributed by atoms with van der Waals surface area (Å²) in [6.07, 6.45) is 0. The highest BCUT2D eigenvalue weighted by Gasteiger charge is 2.12. The van der Waals surface area contributed by atoms with Crippen molar-refractivity contribution in [3.05, 3.63) is 30.3 Å². The van der Waals surface area contributed by atoms with Crippen LogP contribution in [0.4, 0.5) is 0 Å². The summed E-state index contributed by atoms with van der Waals surface area (Å²) >= 11 is 4.35. The highest BCUT2D eigenvalue weighted by molar-refractivity contribution is 7.91. The number of hydrogen-bond donors (Lipinski definition) is 0. The fourth-order valence-electron chi connectivity index (χ4n) is 0.957. The number of thiocarbonyl (C=S) groups is 1. The largest absolute Gasteiger partial charge is 0.231 e. The van der Waals surface area contributed by atoms with Crippen LogP contribution in [0.3, 0.4) is 0 Å². The minimum absolute atomic E-state index is 0.0271. The third kappa shape index (κ3) is 3.03. The van der Waals surface area contributed by atoms with Gasteiger partial charge in [-0.05, 0) is 24.4 Å². The van der Waals surface area contributed by atoms with E-state index in [1.54, 1.807) is 30.3 Å². The van der Waals surface area contributed by atoms with E-state index in [1.807, 2.05) is 0 Å². The molecule has 1 rings (SSSR count). The second kappa shape index (κ2) is 5.00. The maximum Gasteiger partial charge on any atom is 0.180 e. The van der Waals surface area contributed by atoms with Crippen LogP contribution in [-0.4, -0.2) is 25.9 Å². The molecule has 0 aliphatic heterocycles. The van der Waals surface area contributed by atoms with Crippen LogP contribution in [0.1, 0.15) is 0 Å². The number of nitrogens with zero attached hydrogens (tertiary/aromatic N) is 1. The lowest BCUT2D eigenvalue weighted by atomic mass is 10.4. The summed E-state index contributed by atoms with van der Waals surface area (Å²) in [5.41, 5.74) is 0. The molecule has 14 heavy (non-hydrogen) atoms. The van der Waals surface area contributed by atoms with Crippen molar-refractivity contribution in [3.63, 3.8) is 0 Å². The van der Waals surface area contributed by atoms with Crippen molar-refractivity contribution in [2.24, 2.45) is 4.99 Å². The molecular weight excluding hydrogens is 218 g/mol. The molecule has 0 fully saturated rings. The summed E-state index contributed by atoms with van der Waals surface area (Å²) in [7, 11) is -3.21. The van der Waals surface area contributed by atoms with Crippen LogP contribution in [0.2, 0.25) is 0 Å². The fraction of sp³-hybridized carbons (Fsp3) is 0.222. The van der Waals surface area contributed by atoms with Crippen LogP contribution in [-0.2, 0) is 9.84 Å². The van der Waals surface area contributed by atoms with E-state index in [2.05, 4.69) is 22.4 Å². The van der Waals surface area contributed by atoms with E-state index in [0.29, 0.717) is 4.90 Å². The third-order valence-corrected chi connectivity index (χ3v) is 3.48. The number of isothiocyanates is 1. The van der Waals surface area contributed by atoms with E-state index in [-0.39, 0.29) is 12.3 Å². The van der Waals surface area contributed by atoms with E-state index < -0.39 is 9.84 Å². The van der Waals surface area contributed by atoms with Crippen molar-refractivity contribution in [2.45, 2.75) is 4.90 Å². The van der Waals surface area contributed by atoms with Gasteiger partial charge in [0.25, 0.3) is 0 Å². The van der Waals surface area contributed by atoms with Crippen molar-refractivity contribution >= 4 is 27.2 Å². The van der Waals surface area contributed by atoms with E-state index in [1.165, 1.54) is 0 Å². The molecule has 0 spiro atoms. The zero-order valence-electron chi connectivity index (χ0n) is 7.38. The molecule has 3 nitrogen and oxygen atoms in total. The number of sulfone groups is 1. The van der Waals surface area contributed by atoms with Gasteiger partial charge in [0.1, 0.15) is 0 Å². The SMILES string of the molecule is O=S(=O)(CCN=C=S)c1ccccc1. The Bertz CT molecular complexity index is 433. The molecule has 0 saturated heterocycles. The molecule has 1 aromatic carbocycles. The lowest BCUT2D eigenvalue weighted by molar-refractivity contribution is 0.596. The lowest BCUT2D eigenvalue weighted by Gasteiger charge is -2.00. The van der Waals surface area contributed by atoms with Gasteiger partial charge in [0.2, 0.25) is 0 Å². The van der Waals surface area contributed by atoms with Crippen molar-refractivity contribution in [1.82, 2.24) is 0 Å². The molecule has 0 heterocycles. The zero-order valence-corrected chi connectivity index (χ0v) is 9.01. The molecule has 0 atom stereocenters. The molecule has 0 aromatic heterocycles. The predicted molar refractivity (Wildman–Crippen MR) is 58.4 cm³/mol. The van der Waals surface area contributed by atoms with Gasteiger partial charge in [0.15, 0.2) is 9.84 Å². The average molecular weight is 227 g/mol. The highest BCUT2D eigenvalue weighted by atomic mass is 32.2. The lowest BCUT2D eigenvalue weighted by Crippen LogP contribution is -2.08. The Morgan fingerprint density at radius 2 is 1.93 bits per heavy atom. The Morgan fingerprint density at radius 1 is 1.29 bits per heavy atom. The molecule has 0 N–H and O–H groups in total. The van der Waals surface area contributed by atoms with Gasteiger partial charge in [-0.3, -0.25) is 0 Å². The van der Waals surface area contributed by atoms with Crippen LogP contribution in [0.5, 0.6) is 0 Å². The highest BCUT2D eigenvalue weighted by Crippen LogP contribution is 2.09. The van der Waals surface area contributed by atoms with Crippen LogP contribution in [0.15, 0.2) is 40.2 Å². The van der Waals surface area contributed by atoms with E-state index in [0.717, 1.165) is 0 Å². The summed E-state index contributed by atoms with van der Waals surface area (Å²) in [5.74, 6) is -0.0271. The first-order valence-corrected chi connectivity index (χ1v) is 6.04. The Balaban J connectivity index is 2.81. The van der Waals surface area contributed by atoms with Gasteiger partial charge in [-0.25, -0.2) is 13.4 Å². The molecular formula is C9H9NO2S2. The first-order chi connectivity index (χ1) is 6.67. The van der Waals surface area contributed by atoms with Gasteiger partial charge in [-0.15, -0.1) is 0 Å². The smallest absolute Gasteiger partial charge is 0.180 e. The standard InChI is InChI=1S/C9H9NO2S2/c11-14(12,7-6-10-8-13)9-4-2-1-3-5-9/h1-5H,6-7H2. The third-order valence-electron chi connectivity index (χ3n) is 1.64. The molecule has 0 amide bonds. The van der Waals surface area contributed by atoms with Gasteiger partial charge in [0, 0.05) is 0 Å². The van der Waals surface area contributed by atoms with E-state index >= 15 is 0 Å². The van der Waals surface area contributed by atoms with E-state index in [4.69, 9.17) is 0 Å². The molecule has 5 heteroatoms. The van der Waals surface area contributed by atoms with Crippen LogP contribution in [0, 0.1) is 0 Å². The van der Waals surface area contributed by atoms with Crippen molar-refractivity contribution in [2.75, 3.05) is 12.3 Å².